The highest BCUT2D eigenvalue weighted by Crippen LogP contribution is 2.52. The van der Waals surface area contributed by atoms with E-state index in [4.69, 9.17) is 14.2 Å². The van der Waals surface area contributed by atoms with Gasteiger partial charge in [-0.25, -0.2) is 0 Å². The summed E-state index contributed by atoms with van der Waals surface area (Å²) in [5.74, 6) is 0.680. The molecule has 2 aromatic rings. The molecule has 3 atom stereocenters. The molecule has 0 bridgehead atoms. The maximum atomic E-state index is 12.7. The van der Waals surface area contributed by atoms with Crippen LogP contribution in [-0.2, 0) is 16.0 Å². The minimum atomic E-state index is -4.73. The molecule has 4 rings (SSSR count). The average molecular weight is 436 g/mol. The molecule has 2 aliphatic rings. The Morgan fingerprint density at radius 3 is 2.65 bits per heavy atom. The Hall–Kier alpha value is -2.90. The molecule has 0 heterocycles. The minimum Gasteiger partial charge on any atom is -0.496 e. The van der Waals surface area contributed by atoms with Gasteiger partial charge in [0.1, 0.15) is 23.4 Å². The summed E-state index contributed by atoms with van der Waals surface area (Å²) >= 11 is 0. The van der Waals surface area contributed by atoms with Gasteiger partial charge in [-0.2, -0.15) is 0 Å². The van der Waals surface area contributed by atoms with Crippen molar-refractivity contribution in [2.45, 2.75) is 44.6 Å². The van der Waals surface area contributed by atoms with E-state index in [9.17, 15) is 18.0 Å². The average Bonchev–Trinajstić information content (AvgIpc) is 3.41. The van der Waals surface area contributed by atoms with Crippen LogP contribution in [0.5, 0.6) is 17.2 Å². The molecule has 2 unspecified atom stereocenters. The zero-order valence-corrected chi connectivity index (χ0v) is 17.2. The van der Waals surface area contributed by atoms with Crippen LogP contribution in [-0.4, -0.2) is 26.0 Å². The van der Waals surface area contributed by atoms with Crippen molar-refractivity contribution in [1.29, 1.82) is 0 Å². The third-order valence-corrected chi connectivity index (χ3v) is 5.66. The van der Waals surface area contributed by atoms with Crippen molar-refractivity contribution in [3.05, 3.63) is 53.1 Å². The summed E-state index contributed by atoms with van der Waals surface area (Å²) in [6.45, 7) is 2.13. The van der Waals surface area contributed by atoms with Crippen LogP contribution in [0.25, 0.3) is 0 Å². The SMILES string of the molecule is CCOC(=O)C1CC1c1ccc(O[C@@H]2CCc3c(OC(F)(F)F)cccc32)cc1OC. The predicted octanol–water partition coefficient (Wildman–Crippen LogP) is 5.33. The molecule has 0 spiro atoms. The Morgan fingerprint density at radius 2 is 1.94 bits per heavy atom. The van der Waals surface area contributed by atoms with Crippen LogP contribution in [0, 0.1) is 5.92 Å². The topological polar surface area (TPSA) is 54.0 Å². The van der Waals surface area contributed by atoms with Gasteiger partial charge in [0.15, 0.2) is 0 Å². The van der Waals surface area contributed by atoms with E-state index in [0.717, 1.165) is 5.56 Å². The van der Waals surface area contributed by atoms with Crippen molar-refractivity contribution in [1.82, 2.24) is 0 Å². The third-order valence-electron chi connectivity index (χ3n) is 5.66. The quantitative estimate of drug-likeness (QED) is 0.550. The molecule has 1 fully saturated rings. The molecule has 8 heteroatoms. The van der Waals surface area contributed by atoms with Crippen LogP contribution < -0.4 is 14.2 Å². The fraction of sp³-hybridized carbons (Fsp3) is 0.435. The van der Waals surface area contributed by atoms with Gasteiger partial charge < -0.3 is 18.9 Å². The van der Waals surface area contributed by atoms with E-state index < -0.39 is 6.36 Å². The number of carbonyl (C=O) groups is 1. The number of hydrogen-bond acceptors (Lipinski definition) is 5. The lowest BCUT2D eigenvalue weighted by atomic mass is 10.1. The van der Waals surface area contributed by atoms with Crippen molar-refractivity contribution < 1.29 is 36.9 Å². The second-order valence-corrected chi connectivity index (χ2v) is 7.62. The summed E-state index contributed by atoms with van der Waals surface area (Å²) in [7, 11) is 1.55. The molecule has 0 aliphatic heterocycles. The highest BCUT2D eigenvalue weighted by molar-refractivity contribution is 5.77. The summed E-state index contributed by atoms with van der Waals surface area (Å²) in [4.78, 5) is 11.9. The number of benzene rings is 2. The van der Waals surface area contributed by atoms with Gasteiger partial charge in [0, 0.05) is 17.5 Å². The predicted molar refractivity (Wildman–Crippen MR) is 105 cm³/mol. The van der Waals surface area contributed by atoms with E-state index >= 15 is 0 Å². The number of hydrogen-bond donors (Lipinski definition) is 0. The highest BCUT2D eigenvalue weighted by Gasteiger charge is 2.46. The van der Waals surface area contributed by atoms with E-state index in [-0.39, 0.29) is 29.7 Å². The molecule has 5 nitrogen and oxygen atoms in total. The third kappa shape index (κ3) is 4.57. The van der Waals surface area contributed by atoms with Gasteiger partial charge in [0.2, 0.25) is 0 Å². The fourth-order valence-electron chi connectivity index (χ4n) is 4.21. The van der Waals surface area contributed by atoms with Crippen LogP contribution in [0.2, 0.25) is 0 Å². The van der Waals surface area contributed by atoms with E-state index in [0.29, 0.717) is 48.5 Å². The molecule has 0 N–H and O–H groups in total. The Morgan fingerprint density at radius 1 is 1.13 bits per heavy atom. The Bertz CT molecular complexity index is 972. The zero-order chi connectivity index (χ0) is 22.2. The molecule has 0 radical (unpaired) electrons. The van der Waals surface area contributed by atoms with Gasteiger partial charge >= 0.3 is 12.3 Å². The van der Waals surface area contributed by atoms with Gasteiger partial charge in [-0.3, -0.25) is 4.79 Å². The molecule has 0 saturated heterocycles. The van der Waals surface area contributed by atoms with Crippen molar-refractivity contribution in [3.63, 3.8) is 0 Å². The second-order valence-electron chi connectivity index (χ2n) is 7.62. The van der Waals surface area contributed by atoms with Gasteiger partial charge in [0.05, 0.1) is 19.6 Å². The normalized spacial score (nSPS) is 21.9. The molecule has 0 amide bonds. The summed E-state index contributed by atoms with van der Waals surface area (Å²) < 4.78 is 58.9. The largest absolute Gasteiger partial charge is 0.573 e. The summed E-state index contributed by atoms with van der Waals surface area (Å²) in [5, 5.41) is 0. The number of alkyl halides is 3. The second kappa shape index (κ2) is 8.32. The Labute approximate surface area is 178 Å². The van der Waals surface area contributed by atoms with Crippen LogP contribution in [0.1, 0.15) is 48.5 Å². The molecule has 31 heavy (non-hydrogen) atoms. The van der Waals surface area contributed by atoms with Crippen molar-refractivity contribution in [2.24, 2.45) is 5.92 Å². The molecular weight excluding hydrogens is 413 g/mol. The van der Waals surface area contributed by atoms with Gasteiger partial charge in [0.25, 0.3) is 0 Å². The number of halogens is 3. The lowest BCUT2D eigenvalue weighted by Crippen LogP contribution is -2.18. The molecule has 2 aliphatic carbocycles. The standard InChI is InChI=1S/C23H23F3O5/c1-3-29-22(27)18-12-17(18)16-8-7-13(11-21(16)28-2)30-19-10-9-15-14(19)5-4-6-20(15)31-23(24,25)26/h4-8,11,17-19H,3,9-10,12H2,1-2H3/t17?,18?,19-/m1/s1. The van der Waals surface area contributed by atoms with E-state index in [1.165, 1.54) is 12.1 Å². The number of methoxy groups -OCH3 is 1. The summed E-state index contributed by atoms with van der Waals surface area (Å²) in [6.07, 6.45) is -3.42. The van der Waals surface area contributed by atoms with Crippen molar-refractivity contribution in [2.75, 3.05) is 13.7 Å². The van der Waals surface area contributed by atoms with Crippen LogP contribution in [0.3, 0.4) is 0 Å². The zero-order valence-electron chi connectivity index (χ0n) is 17.2. The van der Waals surface area contributed by atoms with Crippen LogP contribution in [0.4, 0.5) is 13.2 Å². The first-order chi connectivity index (χ1) is 14.8. The lowest BCUT2D eigenvalue weighted by molar-refractivity contribution is -0.274. The number of rotatable bonds is 7. The summed E-state index contributed by atoms with van der Waals surface area (Å²) in [6, 6.07) is 10.0. The number of ether oxygens (including phenoxy) is 4. The first-order valence-corrected chi connectivity index (χ1v) is 10.2. The maximum absolute atomic E-state index is 12.7. The highest BCUT2D eigenvalue weighted by atomic mass is 19.4. The van der Waals surface area contributed by atoms with E-state index in [1.807, 2.05) is 6.07 Å². The van der Waals surface area contributed by atoms with Crippen molar-refractivity contribution >= 4 is 5.97 Å². The van der Waals surface area contributed by atoms with E-state index in [2.05, 4.69) is 4.74 Å². The van der Waals surface area contributed by atoms with Crippen LogP contribution >= 0.6 is 0 Å². The van der Waals surface area contributed by atoms with E-state index in [1.54, 1.807) is 32.2 Å². The maximum Gasteiger partial charge on any atom is 0.573 e. The minimum absolute atomic E-state index is 0.0531. The fourth-order valence-corrected chi connectivity index (χ4v) is 4.21. The molecule has 2 aromatic carbocycles. The van der Waals surface area contributed by atoms with Gasteiger partial charge in [-0.1, -0.05) is 18.2 Å². The van der Waals surface area contributed by atoms with Gasteiger partial charge in [-0.15, -0.1) is 13.2 Å². The first-order valence-electron chi connectivity index (χ1n) is 10.2. The molecule has 0 aromatic heterocycles. The molecular formula is C23H23F3O5. The molecule has 1 saturated carbocycles. The first kappa shape index (κ1) is 21.3. The lowest BCUT2D eigenvalue weighted by Gasteiger charge is -2.18. The number of carbonyl (C=O) groups excluding carboxylic acids is 1. The number of fused-ring (bicyclic) bond motifs is 1. The van der Waals surface area contributed by atoms with Crippen LogP contribution in [0.15, 0.2) is 36.4 Å². The summed E-state index contributed by atoms with van der Waals surface area (Å²) in [5.41, 5.74) is 2.12. The van der Waals surface area contributed by atoms with Gasteiger partial charge in [-0.05, 0) is 49.4 Å². The number of esters is 1. The Kier molecular flexibility index (Phi) is 5.73. The van der Waals surface area contributed by atoms with Crippen molar-refractivity contribution in [3.8, 4) is 17.2 Å². The Balaban J connectivity index is 1.50. The smallest absolute Gasteiger partial charge is 0.496 e. The monoisotopic (exact) mass is 436 g/mol. The molecule has 166 valence electrons.